The van der Waals surface area contributed by atoms with E-state index in [2.05, 4.69) is 26.1 Å². The molecule has 2 aromatic rings. The summed E-state index contributed by atoms with van der Waals surface area (Å²) in [5.41, 5.74) is 0.804. The fraction of sp³-hybridized carbons (Fsp3) is 0.450. The van der Waals surface area contributed by atoms with Crippen molar-refractivity contribution in [2.24, 2.45) is 11.3 Å². The number of carbonyl (C=O) groups is 1. The molecule has 1 fully saturated rings. The Labute approximate surface area is 137 Å². The molecule has 1 aliphatic carbocycles. The first-order chi connectivity index (χ1) is 10.9. The lowest BCUT2D eigenvalue weighted by Gasteiger charge is -2.39. The SMILES string of the molecule is C[C@@H]1C[C@H](NC(=O)c2ccc(F)c3ccccc23)CC(C)(C)C1. The van der Waals surface area contributed by atoms with Crippen molar-refractivity contribution in [1.82, 2.24) is 5.32 Å². The number of fused-ring (bicyclic) bond motifs is 1. The Morgan fingerprint density at radius 3 is 2.52 bits per heavy atom. The van der Waals surface area contributed by atoms with Crippen LogP contribution < -0.4 is 5.32 Å². The van der Waals surface area contributed by atoms with Gasteiger partial charge in [-0.05, 0) is 48.1 Å². The molecular weight excluding hydrogens is 289 g/mol. The monoisotopic (exact) mass is 313 g/mol. The first-order valence-electron chi connectivity index (χ1n) is 8.34. The van der Waals surface area contributed by atoms with Crippen molar-refractivity contribution < 1.29 is 9.18 Å². The van der Waals surface area contributed by atoms with E-state index < -0.39 is 0 Å². The lowest BCUT2D eigenvalue weighted by Crippen LogP contribution is -2.43. The maximum atomic E-state index is 13.9. The standard InChI is InChI=1S/C20H24FNO/c1-13-10-14(12-20(2,3)11-13)22-19(23)17-8-9-18(21)16-7-5-4-6-15(16)17/h4-9,13-14H,10-12H2,1-3H3,(H,22,23)/t13-,14+/m1/s1. The summed E-state index contributed by atoms with van der Waals surface area (Å²) >= 11 is 0. The maximum Gasteiger partial charge on any atom is 0.252 e. The lowest BCUT2D eigenvalue weighted by atomic mass is 9.70. The van der Waals surface area contributed by atoms with Crippen LogP contribution in [0.1, 0.15) is 50.4 Å². The van der Waals surface area contributed by atoms with Crippen molar-refractivity contribution >= 4 is 16.7 Å². The van der Waals surface area contributed by atoms with Crippen molar-refractivity contribution in [2.75, 3.05) is 0 Å². The minimum atomic E-state index is -0.287. The zero-order valence-corrected chi connectivity index (χ0v) is 14.0. The molecule has 0 radical (unpaired) electrons. The zero-order chi connectivity index (χ0) is 16.6. The van der Waals surface area contributed by atoms with E-state index in [-0.39, 0.29) is 23.2 Å². The summed E-state index contributed by atoms with van der Waals surface area (Å²) in [5, 5.41) is 4.34. The molecule has 1 saturated carbocycles. The molecule has 3 heteroatoms. The number of benzene rings is 2. The van der Waals surface area contributed by atoms with Gasteiger partial charge in [0.2, 0.25) is 0 Å². The van der Waals surface area contributed by atoms with E-state index >= 15 is 0 Å². The Bertz CT molecular complexity index is 737. The number of carbonyl (C=O) groups excluding carboxylic acids is 1. The van der Waals surface area contributed by atoms with Gasteiger partial charge in [-0.15, -0.1) is 0 Å². The minimum Gasteiger partial charge on any atom is -0.349 e. The van der Waals surface area contributed by atoms with E-state index in [0.717, 1.165) is 12.8 Å². The highest BCUT2D eigenvalue weighted by Crippen LogP contribution is 2.38. The van der Waals surface area contributed by atoms with Crippen LogP contribution in [0.3, 0.4) is 0 Å². The number of hydrogen-bond donors (Lipinski definition) is 1. The topological polar surface area (TPSA) is 29.1 Å². The minimum absolute atomic E-state index is 0.101. The van der Waals surface area contributed by atoms with Crippen LogP contribution in [-0.2, 0) is 0 Å². The van der Waals surface area contributed by atoms with E-state index in [1.54, 1.807) is 24.3 Å². The normalized spacial score (nSPS) is 23.7. The molecule has 0 spiro atoms. The molecule has 2 atom stereocenters. The Kier molecular flexibility index (Phi) is 4.13. The number of rotatable bonds is 2. The predicted octanol–water partition coefficient (Wildman–Crippen LogP) is 4.92. The molecule has 122 valence electrons. The van der Waals surface area contributed by atoms with Crippen LogP contribution in [0.2, 0.25) is 0 Å². The Balaban J connectivity index is 1.86. The van der Waals surface area contributed by atoms with E-state index in [4.69, 9.17) is 0 Å². The van der Waals surface area contributed by atoms with Gasteiger partial charge in [0.15, 0.2) is 0 Å². The van der Waals surface area contributed by atoms with Gasteiger partial charge < -0.3 is 5.32 Å². The summed E-state index contributed by atoms with van der Waals surface area (Å²) in [5.74, 6) is 0.217. The van der Waals surface area contributed by atoms with Crippen LogP contribution in [0.25, 0.3) is 10.8 Å². The summed E-state index contributed by atoms with van der Waals surface area (Å²) in [4.78, 5) is 12.7. The zero-order valence-electron chi connectivity index (χ0n) is 14.0. The molecular formula is C20H24FNO. The van der Waals surface area contributed by atoms with Crippen LogP contribution in [0, 0.1) is 17.2 Å². The quantitative estimate of drug-likeness (QED) is 0.837. The highest BCUT2D eigenvalue weighted by molar-refractivity contribution is 6.07. The number of amides is 1. The second kappa shape index (κ2) is 5.95. The smallest absolute Gasteiger partial charge is 0.252 e. The molecule has 0 aromatic heterocycles. The van der Waals surface area contributed by atoms with Gasteiger partial charge >= 0.3 is 0 Å². The van der Waals surface area contributed by atoms with Crippen molar-refractivity contribution in [3.8, 4) is 0 Å². The average Bonchev–Trinajstić information content (AvgIpc) is 2.45. The molecule has 0 heterocycles. The molecule has 0 saturated heterocycles. The molecule has 23 heavy (non-hydrogen) atoms. The molecule has 0 unspecified atom stereocenters. The lowest BCUT2D eigenvalue weighted by molar-refractivity contribution is 0.0876. The summed E-state index contributed by atoms with van der Waals surface area (Å²) in [6.07, 6.45) is 3.19. The van der Waals surface area contributed by atoms with Gasteiger partial charge in [0.1, 0.15) is 5.82 Å². The van der Waals surface area contributed by atoms with Gasteiger partial charge in [-0.3, -0.25) is 4.79 Å². The first-order valence-corrected chi connectivity index (χ1v) is 8.34. The van der Waals surface area contributed by atoms with E-state index in [9.17, 15) is 9.18 Å². The van der Waals surface area contributed by atoms with Gasteiger partial charge in [0.05, 0.1) is 0 Å². The van der Waals surface area contributed by atoms with Crippen LogP contribution in [0.15, 0.2) is 36.4 Å². The first kappa shape index (κ1) is 16.0. The summed E-state index contributed by atoms with van der Waals surface area (Å²) in [7, 11) is 0. The Morgan fingerprint density at radius 1 is 1.13 bits per heavy atom. The van der Waals surface area contributed by atoms with Gasteiger partial charge in [0.25, 0.3) is 5.91 Å². The maximum absolute atomic E-state index is 13.9. The molecule has 3 rings (SSSR count). The van der Waals surface area contributed by atoms with E-state index in [1.807, 2.05) is 6.07 Å². The summed E-state index contributed by atoms with van der Waals surface area (Å²) in [6, 6.07) is 10.3. The number of halogens is 1. The fourth-order valence-corrected chi connectivity index (χ4v) is 4.18. The van der Waals surface area contributed by atoms with E-state index in [0.29, 0.717) is 22.3 Å². The molecule has 2 aromatic carbocycles. The van der Waals surface area contributed by atoms with Crippen molar-refractivity contribution in [3.05, 3.63) is 47.8 Å². The Morgan fingerprint density at radius 2 is 1.83 bits per heavy atom. The third-order valence-electron chi connectivity index (χ3n) is 4.84. The van der Waals surface area contributed by atoms with Crippen LogP contribution in [0.5, 0.6) is 0 Å². The average molecular weight is 313 g/mol. The second-order valence-corrected chi connectivity index (χ2v) is 7.72. The predicted molar refractivity (Wildman–Crippen MR) is 92.0 cm³/mol. The van der Waals surface area contributed by atoms with E-state index in [1.165, 1.54) is 12.5 Å². The third kappa shape index (κ3) is 3.39. The molecule has 1 N–H and O–H groups in total. The fourth-order valence-electron chi connectivity index (χ4n) is 4.18. The number of nitrogens with one attached hydrogen (secondary N) is 1. The van der Waals surface area contributed by atoms with Crippen molar-refractivity contribution in [2.45, 2.75) is 46.1 Å². The third-order valence-corrected chi connectivity index (χ3v) is 4.84. The molecule has 0 aliphatic heterocycles. The summed E-state index contributed by atoms with van der Waals surface area (Å²) < 4.78 is 13.9. The second-order valence-electron chi connectivity index (χ2n) is 7.72. The molecule has 1 amide bonds. The summed E-state index contributed by atoms with van der Waals surface area (Å²) in [6.45, 7) is 6.76. The van der Waals surface area contributed by atoms with Crippen LogP contribution in [0.4, 0.5) is 4.39 Å². The highest BCUT2D eigenvalue weighted by atomic mass is 19.1. The van der Waals surface area contributed by atoms with Crippen molar-refractivity contribution in [1.29, 1.82) is 0 Å². The van der Waals surface area contributed by atoms with Crippen LogP contribution in [-0.4, -0.2) is 11.9 Å². The molecule has 0 bridgehead atoms. The molecule has 2 nitrogen and oxygen atoms in total. The Hall–Kier alpha value is -1.90. The van der Waals surface area contributed by atoms with Gasteiger partial charge in [-0.2, -0.15) is 0 Å². The van der Waals surface area contributed by atoms with Gasteiger partial charge in [0, 0.05) is 17.0 Å². The highest BCUT2D eigenvalue weighted by Gasteiger charge is 2.33. The number of hydrogen-bond acceptors (Lipinski definition) is 1. The van der Waals surface area contributed by atoms with Crippen molar-refractivity contribution in [3.63, 3.8) is 0 Å². The largest absolute Gasteiger partial charge is 0.349 e. The van der Waals surface area contributed by atoms with Crippen LogP contribution >= 0.6 is 0 Å². The molecule has 1 aliphatic rings. The van der Waals surface area contributed by atoms with Gasteiger partial charge in [-0.1, -0.05) is 45.0 Å². The van der Waals surface area contributed by atoms with Gasteiger partial charge in [-0.25, -0.2) is 4.39 Å².